The number of benzene rings is 2. The van der Waals surface area contributed by atoms with E-state index in [0.717, 1.165) is 30.5 Å². The molecule has 3 amide bonds. The van der Waals surface area contributed by atoms with E-state index in [9.17, 15) is 22.8 Å². The topological polar surface area (TPSA) is 135 Å². The van der Waals surface area contributed by atoms with Gasteiger partial charge in [-0.05, 0) is 98.6 Å². The summed E-state index contributed by atoms with van der Waals surface area (Å²) in [7, 11) is 1.99. The molecule has 1 aliphatic carbocycles. The van der Waals surface area contributed by atoms with Gasteiger partial charge in [-0.15, -0.1) is 0 Å². The van der Waals surface area contributed by atoms with Gasteiger partial charge in [0.05, 0.1) is 17.8 Å². The number of carbonyl (C=O) groups is 2. The van der Waals surface area contributed by atoms with Gasteiger partial charge in [-0.2, -0.15) is 13.2 Å². The van der Waals surface area contributed by atoms with Crippen molar-refractivity contribution in [1.29, 1.82) is 10.8 Å². The van der Waals surface area contributed by atoms with Crippen LogP contribution < -0.4 is 26.2 Å². The van der Waals surface area contributed by atoms with E-state index in [1.54, 1.807) is 29.0 Å². The molecule has 3 atom stereocenters. The van der Waals surface area contributed by atoms with Crippen LogP contribution in [0.2, 0.25) is 0 Å². The Kier molecular flexibility index (Phi) is 9.46. The predicted molar refractivity (Wildman–Crippen MR) is 184 cm³/mol. The molecule has 0 spiro atoms. The van der Waals surface area contributed by atoms with Crippen molar-refractivity contribution in [2.24, 2.45) is 0 Å². The molecule has 0 radical (unpaired) electrons. The number of fused-ring (bicyclic) bond motifs is 1. The normalized spacial score (nSPS) is 21.2. The molecule has 0 saturated carbocycles. The van der Waals surface area contributed by atoms with Crippen molar-refractivity contribution in [3.8, 4) is 5.75 Å². The standard InChI is InChI=1S/C35H42F3N7O3.3H2/c1-33(2,3)21-17-22(41-31(46)35(36,37)38)19-23(18-21)42-32(47)43-27-12-13-28(26-10-7-6-9-25(26)27)48-24-11-14-29(39)45(20-24)30(40)34(4)15-8-16-44(34)5;;;/h6-7,9-11,14,17-20,27-28,39-40H,8,12-13,15-16H2,1-5H3,(H,41,46)(H2,42,43,47);3*1H/t27-,28+,34-;;;/m0.../s1. The van der Waals surface area contributed by atoms with Gasteiger partial charge in [0.1, 0.15) is 23.2 Å². The van der Waals surface area contributed by atoms with E-state index in [2.05, 4.69) is 15.5 Å². The number of aromatic nitrogens is 1. The summed E-state index contributed by atoms with van der Waals surface area (Å²) in [5, 5.41) is 25.0. The molecule has 262 valence electrons. The van der Waals surface area contributed by atoms with Crippen molar-refractivity contribution >= 4 is 29.1 Å². The fraction of sp³-hybridized carbons (Fsp3) is 0.429. The van der Waals surface area contributed by atoms with Gasteiger partial charge in [-0.3, -0.25) is 25.1 Å². The zero-order valence-electron chi connectivity index (χ0n) is 27.7. The molecular formula is C35H48F3N7O3. The summed E-state index contributed by atoms with van der Waals surface area (Å²) in [6.07, 6.45) is -0.784. The number of carbonyl (C=O) groups excluding carboxylic acids is 2. The van der Waals surface area contributed by atoms with Crippen LogP contribution in [0.15, 0.2) is 60.8 Å². The van der Waals surface area contributed by atoms with Crippen molar-refractivity contribution in [3.63, 3.8) is 0 Å². The third-order valence-electron chi connectivity index (χ3n) is 9.26. The number of alkyl halides is 3. The molecular weight excluding hydrogens is 623 g/mol. The maximum absolute atomic E-state index is 13.2. The number of ether oxygens (including phenoxy) is 1. The average molecular weight is 672 g/mol. The van der Waals surface area contributed by atoms with Gasteiger partial charge in [0.25, 0.3) is 0 Å². The van der Waals surface area contributed by atoms with Crippen LogP contribution in [-0.2, 0) is 10.2 Å². The summed E-state index contributed by atoms with van der Waals surface area (Å²) in [4.78, 5) is 27.0. The quantitative estimate of drug-likeness (QED) is 0.136. The lowest BCUT2D eigenvalue weighted by atomic mass is 9.85. The monoisotopic (exact) mass is 671 g/mol. The molecule has 0 bridgehead atoms. The Labute approximate surface area is 282 Å². The smallest absolute Gasteiger partial charge is 0.471 e. The lowest BCUT2D eigenvalue weighted by Crippen LogP contribution is -2.50. The Hall–Kier alpha value is -4.65. The molecule has 1 fully saturated rings. The van der Waals surface area contributed by atoms with Crippen LogP contribution in [-0.4, -0.2) is 52.5 Å². The minimum absolute atomic E-state index is 0. The molecule has 0 unspecified atom stereocenters. The van der Waals surface area contributed by atoms with Gasteiger partial charge in [0.2, 0.25) is 0 Å². The molecule has 2 heterocycles. The van der Waals surface area contributed by atoms with Crippen molar-refractivity contribution in [3.05, 3.63) is 83.0 Å². The van der Waals surface area contributed by atoms with Gasteiger partial charge < -0.3 is 20.7 Å². The van der Waals surface area contributed by atoms with Crippen molar-refractivity contribution in [2.45, 2.75) is 82.7 Å². The second-order valence-corrected chi connectivity index (χ2v) is 13.7. The number of pyridine rings is 1. The Bertz CT molecular complexity index is 1800. The first-order chi connectivity index (χ1) is 22.5. The second kappa shape index (κ2) is 13.1. The number of hydrogen-bond donors (Lipinski definition) is 5. The lowest BCUT2D eigenvalue weighted by Gasteiger charge is -2.34. The molecule has 3 aromatic rings. The van der Waals surface area contributed by atoms with Crippen LogP contribution >= 0.6 is 0 Å². The van der Waals surface area contributed by atoms with E-state index in [-0.39, 0.29) is 33.3 Å². The summed E-state index contributed by atoms with van der Waals surface area (Å²) in [5.74, 6) is -1.25. The number of urea groups is 1. The lowest BCUT2D eigenvalue weighted by molar-refractivity contribution is -0.167. The highest BCUT2D eigenvalue weighted by Gasteiger charge is 2.40. The second-order valence-electron chi connectivity index (χ2n) is 13.7. The maximum atomic E-state index is 13.2. The minimum Gasteiger partial charge on any atom is -0.484 e. The highest BCUT2D eigenvalue weighted by atomic mass is 19.4. The minimum atomic E-state index is -5.06. The van der Waals surface area contributed by atoms with Crippen LogP contribution in [0.25, 0.3) is 0 Å². The fourth-order valence-corrected chi connectivity index (χ4v) is 6.31. The Morgan fingerprint density at radius 2 is 1.67 bits per heavy atom. The zero-order chi connectivity index (χ0) is 35.0. The van der Waals surface area contributed by atoms with Crippen LogP contribution in [0.3, 0.4) is 0 Å². The highest BCUT2D eigenvalue weighted by Crippen LogP contribution is 2.39. The largest absolute Gasteiger partial charge is 0.484 e. The Balaban J connectivity index is 0.00000300. The molecule has 1 aromatic heterocycles. The maximum Gasteiger partial charge on any atom is 0.471 e. The zero-order valence-corrected chi connectivity index (χ0v) is 27.7. The van der Waals surface area contributed by atoms with E-state index in [0.29, 0.717) is 30.0 Å². The van der Waals surface area contributed by atoms with Crippen LogP contribution in [0.4, 0.5) is 29.3 Å². The van der Waals surface area contributed by atoms with Crippen LogP contribution in [0.1, 0.15) is 86.5 Å². The van der Waals surface area contributed by atoms with Crippen LogP contribution in [0.5, 0.6) is 5.75 Å². The predicted octanol–water partition coefficient (Wildman–Crippen LogP) is 7.59. The number of anilines is 2. The molecule has 1 aliphatic heterocycles. The molecule has 48 heavy (non-hydrogen) atoms. The molecule has 2 aliphatic rings. The number of rotatable bonds is 6. The number of nitrogens with zero attached hydrogens (tertiary/aromatic N) is 2. The van der Waals surface area contributed by atoms with Crippen LogP contribution in [0, 0.1) is 10.8 Å². The van der Waals surface area contributed by atoms with E-state index in [4.69, 9.17) is 15.6 Å². The number of nitrogens with one attached hydrogen (secondary N) is 5. The first-order valence-corrected chi connectivity index (χ1v) is 15.9. The van der Waals surface area contributed by atoms with E-state index < -0.39 is 29.1 Å². The highest BCUT2D eigenvalue weighted by molar-refractivity contribution is 5.96. The fourth-order valence-electron chi connectivity index (χ4n) is 6.31. The average Bonchev–Trinajstić information content (AvgIpc) is 3.36. The molecule has 5 rings (SSSR count). The first kappa shape index (κ1) is 34.7. The SMILES string of the molecule is CN1CCC[C@@]1(C)C(=N)n1cc(O[C@@H]2CC[C@H](NC(=O)Nc3cc(NC(=O)C(F)(F)F)cc(C(C)(C)C)c3)c3ccccc32)ccc1=N.[HH].[HH].[HH]. The molecule has 2 aromatic carbocycles. The molecule has 5 N–H and O–H groups in total. The summed E-state index contributed by atoms with van der Waals surface area (Å²) in [6, 6.07) is 14.5. The van der Waals surface area contributed by atoms with Gasteiger partial charge in [0.15, 0.2) is 0 Å². The first-order valence-electron chi connectivity index (χ1n) is 15.9. The molecule has 10 nitrogen and oxygen atoms in total. The summed E-state index contributed by atoms with van der Waals surface area (Å²) < 4.78 is 46.8. The van der Waals surface area contributed by atoms with Gasteiger partial charge in [-0.25, -0.2) is 4.79 Å². The van der Waals surface area contributed by atoms with E-state index >= 15 is 0 Å². The summed E-state index contributed by atoms with van der Waals surface area (Å²) in [5.41, 5.74) is 1.76. The number of likely N-dealkylation sites (N-methyl/N-ethyl adjacent to an activating group) is 1. The van der Waals surface area contributed by atoms with Gasteiger partial charge in [-0.1, -0.05) is 45.0 Å². The third-order valence-corrected chi connectivity index (χ3v) is 9.26. The van der Waals surface area contributed by atoms with E-state index in [1.165, 1.54) is 12.1 Å². The Morgan fingerprint density at radius 3 is 2.29 bits per heavy atom. The number of amides is 3. The molecule has 13 heteroatoms. The van der Waals surface area contributed by atoms with Crippen molar-refractivity contribution in [1.82, 2.24) is 14.8 Å². The van der Waals surface area contributed by atoms with Crippen molar-refractivity contribution in [2.75, 3.05) is 24.2 Å². The number of likely N-dealkylation sites (tertiary alicyclic amines) is 1. The Morgan fingerprint density at radius 1 is 1.00 bits per heavy atom. The van der Waals surface area contributed by atoms with Gasteiger partial charge >= 0.3 is 18.1 Å². The van der Waals surface area contributed by atoms with Crippen molar-refractivity contribution < 1.29 is 31.8 Å². The number of halogens is 3. The number of hydrogen-bond acceptors (Lipinski definition) is 6. The third kappa shape index (κ3) is 7.40. The van der Waals surface area contributed by atoms with E-state index in [1.807, 2.05) is 64.3 Å². The summed E-state index contributed by atoms with van der Waals surface area (Å²) in [6.45, 7) is 8.53. The summed E-state index contributed by atoms with van der Waals surface area (Å²) >= 11 is 0. The van der Waals surface area contributed by atoms with Gasteiger partial charge in [0, 0.05) is 15.7 Å². The molecule has 1 saturated heterocycles.